The van der Waals surface area contributed by atoms with Crippen LogP contribution in [0.15, 0.2) is 0 Å². The van der Waals surface area contributed by atoms with E-state index in [1.807, 2.05) is 6.92 Å². The zero-order chi connectivity index (χ0) is 12.4. The second kappa shape index (κ2) is 4.94. The van der Waals surface area contributed by atoms with E-state index in [1.54, 1.807) is 4.90 Å². The number of aliphatic carboxylic acids is 1. The Balaban J connectivity index is 1.74. The molecular formula is C12H20N2O3. The summed E-state index contributed by atoms with van der Waals surface area (Å²) in [6.07, 6.45) is 4.18. The Morgan fingerprint density at radius 2 is 2.12 bits per heavy atom. The maximum atomic E-state index is 11.8. The third-order valence-corrected chi connectivity index (χ3v) is 3.58. The van der Waals surface area contributed by atoms with Crippen LogP contribution in [0.1, 0.15) is 32.6 Å². The number of likely N-dealkylation sites (tertiary alicyclic amines) is 1. The lowest BCUT2D eigenvalue weighted by Crippen LogP contribution is -2.43. The van der Waals surface area contributed by atoms with Crippen LogP contribution in [0.2, 0.25) is 0 Å². The average Bonchev–Trinajstić information content (AvgIpc) is 2.92. The van der Waals surface area contributed by atoms with Crippen molar-refractivity contribution in [3.05, 3.63) is 0 Å². The van der Waals surface area contributed by atoms with Crippen molar-refractivity contribution in [2.45, 2.75) is 38.6 Å². The van der Waals surface area contributed by atoms with Gasteiger partial charge in [-0.05, 0) is 25.7 Å². The van der Waals surface area contributed by atoms with E-state index in [4.69, 9.17) is 5.11 Å². The highest BCUT2D eigenvalue weighted by molar-refractivity contribution is 5.77. The summed E-state index contributed by atoms with van der Waals surface area (Å²) in [6, 6.07) is 0.0841. The molecule has 0 spiro atoms. The van der Waals surface area contributed by atoms with Gasteiger partial charge in [-0.15, -0.1) is 0 Å². The van der Waals surface area contributed by atoms with Crippen LogP contribution in [0, 0.1) is 11.8 Å². The smallest absolute Gasteiger partial charge is 0.317 e. The van der Waals surface area contributed by atoms with Crippen LogP contribution >= 0.6 is 0 Å². The molecule has 2 fully saturated rings. The Hall–Kier alpha value is -1.26. The minimum atomic E-state index is -0.800. The zero-order valence-corrected chi connectivity index (χ0v) is 10.2. The maximum absolute atomic E-state index is 11.8. The van der Waals surface area contributed by atoms with Gasteiger partial charge in [-0.25, -0.2) is 4.79 Å². The van der Waals surface area contributed by atoms with Crippen molar-refractivity contribution >= 4 is 12.0 Å². The fourth-order valence-electron chi connectivity index (χ4n) is 2.36. The van der Waals surface area contributed by atoms with Gasteiger partial charge in [-0.3, -0.25) is 4.79 Å². The van der Waals surface area contributed by atoms with Gasteiger partial charge in [0.15, 0.2) is 0 Å². The normalized spacial score (nSPS) is 25.7. The minimum Gasteiger partial charge on any atom is -0.481 e. The van der Waals surface area contributed by atoms with Crippen LogP contribution < -0.4 is 5.32 Å². The molecular weight excluding hydrogens is 220 g/mol. The number of hydrogen-bond acceptors (Lipinski definition) is 2. The molecule has 2 atom stereocenters. The molecule has 0 bridgehead atoms. The quantitative estimate of drug-likeness (QED) is 0.778. The van der Waals surface area contributed by atoms with Gasteiger partial charge in [0.05, 0.1) is 5.92 Å². The molecule has 0 aromatic carbocycles. The van der Waals surface area contributed by atoms with Crippen molar-refractivity contribution in [2.24, 2.45) is 11.8 Å². The molecule has 1 aliphatic carbocycles. The van der Waals surface area contributed by atoms with Crippen molar-refractivity contribution < 1.29 is 14.7 Å². The van der Waals surface area contributed by atoms with E-state index in [0.29, 0.717) is 19.5 Å². The summed E-state index contributed by atoms with van der Waals surface area (Å²) in [6.45, 7) is 2.91. The lowest BCUT2D eigenvalue weighted by molar-refractivity contribution is -0.141. The second-order valence-electron chi connectivity index (χ2n) is 5.30. The monoisotopic (exact) mass is 240 g/mol. The van der Waals surface area contributed by atoms with Crippen LogP contribution in [0.25, 0.3) is 0 Å². The number of nitrogens with one attached hydrogen (secondary N) is 1. The molecule has 96 valence electrons. The molecule has 1 heterocycles. The second-order valence-corrected chi connectivity index (χ2v) is 5.30. The molecule has 2 amide bonds. The van der Waals surface area contributed by atoms with E-state index >= 15 is 0 Å². The summed E-state index contributed by atoms with van der Waals surface area (Å²) in [4.78, 5) is 24.2. The fourth-order valence-corrected chi connectivity index (χ4v) is 2.36. The molecule has 2 aliphatic rings. The first-order chi connectivity index (χ1) is 8.06. The van der Waals surface area contributed by atoms with Gasteiger partial charge in [0.25, 0.3) is 0 Å². The molecule has 5 nitrogen and oxygen atoms in total. The Bertz CT molecular complexity index is 315. The Morgan fingerprint density at radius 1 is 1.41 bits per heavy atom. The molecule has 0 aromatic heterocycles. The highest BCUT2D eigenvalue weighted by atomic mass is 16.4. The first kappa shape index (κ1) is 12.2. The van der Waals surface area contributed by atoms with Crippen molar-refractivity contribution in [1.82, 2.24) is 10.2 Å². The van der Waals surface area contributed by atoms with E-state index in [-0.39, 0.29) is 18.0 Å². The largest absolute Gasteiger partial charge is 0.481 e. The number of carboxylic acid groups (broad SMARTS) is 1. The number of carbonyl (C=O) groups is 2. The lowest BCUT2D eigenvalue weighted by atomic mass is 10.1. The number of amides is 2. The van der Waals surface area contributed by atoms with Crippen molar-refractivity contribution in [3.63, 3.8) is 0 Å². The van der Waals surface area contributed by atoms with Crippen LogP contribution in [0.4, 0.5) is 4.79 Å². The summed E-state index contributed by atoms with van der Waals surface area (Å²) in [5.41, 5.74) is 0. The standard InChI is InChI=1S/C12H20N2O3/c1-8(6-9-2-3-9)13-12(17)14-5-4-10(7-14)11(15)16/h8-10H,2-7H2,1H3,(H,13,17)(H,15,16). The summed E-state index contributed by atoms with van der Waals surface area (Å²) in [5.74, 6) is -0.401. The van der Waals surface area contributed by atoms with Crippen LogP contribution in [-0.2, 0) is 4.79 Å². The third-order valence-electron chi connectivity index (χ3n) is 3.58. The Labute approximate surface area is 101 Å². The average molecular weight is 240 g/mol. The number of carbonyl (C=O) groups excluding carboxylic acids is 1. The SMILES string of the molecule is CC(CC1CC1)NC(=O)N1CCC(C(=O)O)C1. The summed E-state index contributed by atoms with van der Waals surface area (Å²) in [5, 5.41) is 11.8. The summed E-state index contributed by atoms with van der Waals surface area (Å²) < 4.78 is 0. The molecule has 0 aromatic rings. The molecule has 2 N–H and O–H groups in total. The summed E-state index contributed by atoms with van der Waals surface area (Å²) >= 11 is 0. The van der Waals surface area contributed by atoms with Crippen molar-refractivity contribution in [2.75, 3.05) is 13.1 Å². The van der Waals surface area contributed by atoms with Crippen molar-refractivity contribution in [3.8, 4) is 0 Å². The van der Waals surface area contributed by atoms with Gasteiger partial charge in [0, 0.05) is 19.1 Å². The lowest BCUT2D eigenvalue weighted by Gasteiger charge is -2.20. The first-order valence-corrected chi connectivity index (χ1v) is 6.34. The van der Waals surface area contributed by atoms with E-state index in [2.05, 4.69) is 5.32 Å². The number of urea groups is 1. The predicted molar refractivity (Wildman–Crippen MR) is 62.7 cm³/mol. The van der Waals surface area contributed by atoms with Gasteiger partial charge in [0.2, 0.25) is 0 Å². The highest BCUT2D eigenvalue weighted by Gasteiger charge is 2.31. The van der Waals surface area contributed by atoms with Crippen LogP contribution in [0.3, 0.4) is 0 Å². The van der Waals surface area contributed by atoms with Gasteiger partial charge < -0.3 is 15.3 Å². The summed E-state index contributed by atoms with van der Waals surface area (Å²) in [7, 11) is 0. The Kier molecular flexibility index (Phi) is 3.54. The fraction of sp³-hybridized carbons (Fsp3) is 0.833. The van der Waals surface area contributed by atoms with Crippen molar-refractivity contribution in [1.29, 1.82) is 0 Å². The van der Waals surface area contributed by atoms with E-state index in [0.717, 1.165) is 12.3 Å². The van der Waals surface area contributed by atoms with Gasteiger partial charge in [0.1, 0.15) is 0 Å². The van der Waals surface area contributed by atoms with E-state index in [9.17, 15) is 9.59 Å². The maximum Gasteiger partial charge on any atom is 0.317 e. The molecule has 1 saturated heterocycles. The molecule has 2 unspecified atom stereocenters. The van der Waals surface area contributed by atoms with Crippen LogP contribution in [-0.4, -0.2) is 41.1 Å². The van der Waals surface area contributed by atoms with Gasteiger partial charge in [-0.1, -0.05) is 12.8 Å². The molecule has 2 rings (SSSR count). The third kappa shape index (κ3) is 3.35. The van der Waals surface area contributed by atoms with E-state index < -0.39 is 5.97 Å². The number of carboxylic acids is 1. The minimum absolute atomic E-state index is 0.109. The highest BCUT2D eigenvalue weighted by Crippen LogP contribution is 2.33. The van der Waals surface area contributed by atoms with E-state index in [1.165, 1.54) is 12.8 Å². The zero-order valence-electron chi connectivity index (χ0n) is 10.2. The van der Waals surface area contributed by atoms with Gasteiger partial charge in [-0.2, -0.15) is 0 Å². The molecule has 5 heteroatoms. The van der Waals surface area contributed by atoms with Gasteiger partial charge >= 0.3 is 12.0 Å². The number of rotatable bonds is 4. The number of nitrogens with zero attached hydrogens (tertiary/aromatic N) is 1. The molecule has 1 saturated carbocycles. The van der Waals surface area contributed by atoms with Crippen LogP contribution in [0.5, 0.6) is 0 Å². The predicted octanol–water partition coefficient (Wildman–Crippen LogP) is 1.29. The number of hydrogen-bond donors (Lipinski definition) is 2. The molecule has 17 heavy (non-hydrogen) atoms. The Morgan fingerprint density at radius 3 is 2.65 bits per heavy atom. The topological polar surface area (TPSA) is 69.6 Å². The molecule has 1 aliphatic heterocycles. The first-order valence-electron chi connectivity index (χ1n) is 6.34. The molecule has 0 radical (unpaired) electrons.